The van der Waals surface area contributed by atoms with Gasteiger partial charge >= 0.3 is 5.63 Å². The second-order valence-corrected chi connectivity index (χ2v) is 9.49. The van der Waals surface area contributed by atoms with E-state index in [4.69, 9.17) is 18.9 Å². The number of hydrogen-bond donors (Lipinski definition) is 0. The van der Waals surface area contributed by atoms with Crippen LogP contribution in [0, 0.1) is 6.92 Å². The van der Waals surface area contributed by atoms with Gasteiger partial charge in [-0.15, -0.1) is 12.4 Å². The maximum absolute atomic E-state index is 13.8. The number of ether oxygens (including phenoxy) is 2. The number of fused-ring (bicyclic) bond motifs is 2. The molecule has 5 rings (SSSR count). The molecule has 0 aliphatic carbocycles. The van der Waals surface area contributed by atoms with Crippen LogP contribution in [0.15, 0.2) is 51.7 Å². The molecule has 4 aromatic rings. The van der Waals surface area contributed by atoms with Gasteiger partial charge in [0.2, 0.25) is 0 Å². The van der Waals surface area contributed by atoms with E-state index < -0.39 is 11.5 Å². The van der Waals surface area contributed by atoms with E-state index in [9.17, 15) is 9.59 Å². The van der Waals surface area contributed by atoms with Crippen LogP contribution in [0.4, 0.5) is 5.13 Å². The Hall–Kier alpha value is -2.98. The molecule has 0 atom stereocenters. The second-order valence-electron chi connectivity index (χ2n) is 8.51. The first-order valence-electron chi connectivity index (χ1n) is 11.6. The lowest BCUT2D eigenvalue weighted by Gasteiger charge is -2.27. The minimum absolute atomic E-state index is 0. The van der Waals surface area contributed by atoms with Crippen LogP contribution in [-0.2, 0) is 4.74 Å². The Balaban J connectivity index is 0.00000304. The van der Waals surface area contributed by atoms with E-state index in [0.717, 1.165) is 49.5 Å². The Labute approximate surface area is 218 Å². The third-order valence-electron chi connectivity index (χ3n) is 6.22. The van der Waals surface area contributed by atoms with Crippen LogP contribution in [0.2, 0.25) is 0 Å². The van der Waals surface area contributed by atoms with E-state index in [1.165, 1.54) is 11.3 Å². The fourth-order valence-corrected chi connectivity index (χ4v) is 5.37. The van der Waals surface area contributed by atoms with Crippen molar-refractivity contribution in [2.75, 3.05) is 51.4 Å². The Bertz CT molecular complexity index is 1430. The van der Waals surface area contributed by atoms with Gasteiger partial charge in [-0.2, -0.15) is 0 Å². The molecule has 10 heteroatoms. The monoisotopic (exact) mass is 529 g/mol. The van der Waals surface area contributed by atoms with E-state index in [-0.39, 0.29) is 18.0 Å². The molecule has 1 aliphatic heterocycles. The minimum Gasteiger partial charge on any atom is -0.494 e. The number of morpholine rings is 1. The summed E-state index contributed by atoms with van der Waals surface area (Å²) in [7, 11) is 1.61. The molecule has 2 aromatic carbocycles. The standard InChI is InChI=1S/C26H27N3O5S.ClH/c1-17-8-9-21(32-2)22-23(17)35-26(27-22)29(11-5-10-28-12-14-33-15-13-28)24(30)19-16-18-6-3-4-7-20(18)34-25(19)31;/h3-4,6-9,16H,5,10-15H2,1-2H3;1H. The van der Waals surface area contributed by atoms with E-state index in [0.29, 0.717) is 33.9 Å². The van der Waals surface area contributed by atoms with Gasteiger partial charge in [-0.25, -0.2) is 9.78 Å². The maximum atomic E-state index is 13.8. The fraction of sp³-hybridized carbons (Fsp3) is 0.346. The minimum atomic E-state index is -0.651. The first-order chi connectivity index (χ1) is 17.0. The largest absolute Gasteiger partial charge is 0.494 e. The molecule has 0 spiro atoms. The lowest BCUT2D eigenvalue weighted by molar-refractivity contribution is 0.0376. The molecule has 1 saturated heterocycles. The van der Waals surface area contributed by atoms with Gasteiger partial charge in [0.05, 0.1) is 25.0 Å². The van der Waals surface area contributed by atoms with Crippen molar-refractivity contribution < 1.29 is 18.7 Å². The number of para-hydroxylation sites is 1. The van der Waals surface area contributed by atoms with Crippen molar-refractivity contribution in [1.29, 1.82) is 0 Å². The number of halogens is 1. The molecule has 190 valence electrons. The molecular weight excluding hydrogens is 502 g/mol. The molecule has 0 N–H and O–H groups in total. The Kier molecular flexibility index (Phi) is 8.25. The molecule has 0 bridgehead atoms. The van der Waals surface area contributed by atoms with Gasteiger partial charge in [-0.3, -0.25) is 14.6 Å². The van der Waals surface area contributed by atoms with Gasteiger partial charge in [0, 0.05) is 31.6 Å². The summed E-state index contributed by atoms with van der Waals surface area (Å²) in [5.74, 6) is 0.237. The van der Waals surface area contributed by atoms with Gasteiger partial charge in [0.25, 0.3) is 5.91 Å². The lowest BCUT2D eigenvalue weighted by Crippen LogP contribution is -2.40. The number of aromatic nitrogens is 1. The number of hydrogen-bond acceptors (Lipinski definition) is 8. The predicted octanol–water partition coefficient (Wildman–Crippen LogP) is 4.51. The number of benzene rings is 2. The van der Waals surface area contributed by atoms with E-state index in [2.05, 4.69) is 4.90 Å². The summed E-state index contributed by atoms with van der Waals surface area (Å²) in [4.78, 5) is 35.3. The number of carbonyl (C=O) groups is 1. The van der Waals surface area contributed by atoms with Crippen LogP contribution < -0.4 is 15.3 Å². The first-order valence-corrected chi connectivity index (χ1v) is 12.5. The topological polar surface area (TPSA) is 85.1 Å². The van der Waals surface area contributed by atoms with Gasteiger partial charge in [-0.05, 0) is 37.1 Å². The number of rotatable bonds is 7. The van der Waals surface area contributed by atoms with Gasteiger partial charge < -0.3 is 13.9 Å². The van der Waals surface area contributed by atoms with E-state index in [1.54, 1.807) is 30.2 Å². The number of amides is 1. The fourth-order valence-electron chi connectivity index (χ4n) is 4.30. The summed E-state index contributed by atoms with van der Waals surface area (Å²) >= 11 is 1.43. The van der Waals surface area contributed by atoms with Crippen molar-refractivity contribution in [2.45, 2.75) is 13.3 Å². The van der Waals surface area contributed by atoms with Crippen LogP contribution >= 0.6 is 23.7 Å². The van der Waals surface area contributed by atoms with Gasteiger partial charge in [0.15, 0.2) is 5.13 Å². The van der Waals surface area contributed by atoms with Crippen molar-refractivity contribution in [3.63, 3.8) is 0 Å². The van der Waals surface area contributed by atoms with E-state index >= 15 is 0 Å². The lowest BCUT2D eigenvalue weighted by atomic mass is 10.1. The zero-order valence-corrected chi connectivity index (χ0v) is 21.8. The third kappa shape index (κ3) is 5.24. The molecule has 1 aliphatic rings. The summed E-state index contributed by atoms with van der Waals surface area (Å²) < 4.78 is 17.3. The number of carbonyl (C=O) groups excluding carboxylic acids is 1. The van der Waals surface area contributed by atoms with Crippen LogP contribution in [0.25, 0.3) is 21.2 Å². The normalized spacial score (nSPS) is 14.1. The quantitative estimate of drug-likeness (QED) is 0.326. The van der Waals surface area contributed by atoms with Gasteiger partial charge in [0.1, 0.15) is 22.4 Å². The average Bonchev–Trinajstić information content (AvgIpc) is 3.33. The molecule has 0 saturated carbocycles. The first kappa shape index (κ1) is 26.1. The van der Waals surface area contributed by atoms with Crippen LogP contribution in [0.1, 0.15) is 22.3 Å². The summed E-state index contributed by atoms with van der Waals surface area (Å²) in [5, 5.41) is 1.23. The summed E-state index contributed by atoms with van der Waals surface area (Å²) in [6.45, 7) is 6.44. The maximum Gasteiger partial charge on any atom is 0.349 e. The molecule has 0 unspecified atom stereocenters. The molecule has 8 nitrogen and oxygen atoms in total. The molecule has 1 fully saturated rings. The highest BCUT2D eigenvalue weighted by Crippen LogP contribution is 2.37. The zero-order chi connectivity index (χ0) is 24.4. The molecule has 0 radical (unpaired) electrons. The number of methoxy groups -OCH3 is 1. The van der Waals surface area contributed by atoms with E-state index in [1.807, 2.05) is 31.2 Å². The molecule has 3 heterocycles. The predicted molar refractivity (Wildman–Crippen MR) is 144 cm³/mol. The van der Waals surface area contributed by atoms with Crippen molar-refractivity contribution in [1.82, 2.24) is 9.88 Å². The molecule has 2 aromatic heterocycles. The van der Waals surface area contributed by atoms with Crippen molar-refractivity contribution in [2.24, 2.45) is 0 Å². The Morgan fingerprint density at radius 1 is 1.19 bits per heavy atom. The highest BCUT2D eigenvalue weighted by atomic mass is 35.5. The number of thiazole rings is 1. The number of anilines is 1. The van der Waals surface area contributed by atoms with Crippen LogP contribution in [0.5, 0.6) is 5.75 Å². The van der Waals surface area contributed by atoms with Gasteiger partial charge in [-0.1, -0.05) is 35.6 Å². The summed E-state index contributed by atoms with van der Waals surface area (Å²) in [6.07, 6.45) is 0.733. The average molecular weight is 530 g/mol. The van der Waals surface area contributed by atoms with Crippen molar-refractivity contribution in [3.05, 3.63) is 64.0 Å². The smallest absolute Gasteiger partial charge is 0.349 e. The number of aryl methyl sites for hydroxylation is 1. The number of nitrogens with zero attached hydrogens (tertiary/aromatic N) is 3. The van der Waals surface area contributed by atoms with Crippen LogP contribution in [0.3, 0.4) is 0 Å². The summed E-state index contributed by atoms with van der Waals surface area (Å²) in [6, 6.07) is 12.6. The Morgan fingerprint density at radius 2 is 1.97 bits per heavy atom. The Morgan fingerprint density at radius 3 is 2.75 bits per heavy atom. The second kappa shape index (κ2) is 11.4. The van der Waals surface area contributed by atoms with Crippen molar-refractivity contribution >= 4 is 56.0 Å². The van der Waals surface area contributed by atoms with Crippen molar-refractivity contribution in [3.8, 4) is 5.75 Å². The SMILES string of the molecule is COc1ccc(C)c2sc(N(CCCN3CCOCC3)C(=O)c3cc4ccccc4oc3=O)nc12.Cl. The molecular formula is C26H28ClN3O5S. The third-order valence-corrected chi connectivity index (χ3v) is 7.43. The summed E-state index contributed by atoms with van der Waals surface area (Å²) in [5.41, 5.74) is 1.56. The molecule has 1 amide bonds. The highest BCUT2D eigenvalue weighted by molar-refractivity contribution is 7.22. The highest BCUT2D eigenvalue weighted by Gasteiger charge is 2.26. The zero-order valence-electron chi connectivity index (χ0n) is 20.2. The van der Waals surface area contributed by atoms with Crippen LogP contribution in [-0.4, -0.2) is 62.3 Å². The molecule has 36 heavy (non-hydrogen) atoms.